The minimum Gasteiger partial charge on any atom is -0.494 e. The lowest BCUT2D eigenvalue weighted by Gasteiger charge is -2.17. The number of methoxy groups -OCH3 is 1. The van der Waals surface area contributed by atoms with E-state index in [4.69, 9.17) is 13.6 Å². The molecule has 146 valence electrons. The number of carbonyl (C=O) groups is 1. The number of nitrogens with one attached hydrogen (secondary N) is 2. The molecule has 0 bridgehead atoms. The van der Waals surface area contributed by atoms with Crippen LogP contribution in [0.4, 0.5) is 11.4 Å². The maximum absolute atomic E-state index is 12.6. The highest BCUT2D eigenvalue weighted by molar-refractivity contribution is 5.93. The molecular weight excluding hydrogens is 366 g/mol. The number of non-ortho nitro benzene ring substituents is 1. The zero-order valence-electron chi connectivity index (χ0n) is 15.2. The maximum atomic E-state index is 12.6. The van der Waals surface area contributed by atoms with Crippen LogP contribution in [0.25, 0.3) is 0 Å². The van der Waals surface area contributed by atoms with Crippen LogP contribution in [0.3, 0.4) is 0 Å². The van der Waals surface area contributed by atoms with Gasteiger partial charge in [0, 0.05) is 6.07 Å². The van der Waals surface area contributed by atoms with E-state index in [1.165, 1.54) is 25.3 Å². The number of amides is 1. The van der Waals surface area contributed by atoms with Crippen LogP contribution < -0.4 is 15.0 Å². The molecule has 0 saturated heterocycles. The van der Waals surface area contributed by atoms with E-state index in [2.05, 4.69) is 5.32 Å². The van der Waals surface area contributed by atoms with Crippen LogP contribution in [0.2, 0.25) is 0 Å². The van der Waals surface area contributed by atoms with Crippen molar-refractivity contribution in [1.29, 1.82) is 0 Å². The Kier molecular flexibility index (Phi) is 6.07. The predicted molar refractivity (Wildman–Crippen MR) is 98.9 cm³/mol. The molecule has 0 fully saturated rings. The molecule has 0 aliphatic heterocycles. The van der Waals surface area contributed by atoms with Crippen LogP contribution in [-0.2, 0) is 17.9 Å². The van der Waals surface area contributed by atoms with Gasteiger partial charge in [0.05, 0.1) is 36.3 Å². The summed E-state index contributed by atoms with van der Waals surface area (Å²) in [5, 5.41) is 13.6. The molecule has 3 rings (SSSR count). The second-order valence-electron chi connectivity index (χ2n) is 6.13. The van der Waals surface area contributed by atoms with Crippen LogP contribution in [0, 0.1) is 10.1 Å². The first kappa shape index (κ1) is 19.2. The standard InChI is InChI=1S/C19H19N3O6/c1-26-18-10-14(22(24)25)6-7-17(18)20-19(23)13-21(11-15-4-2-8-27-15)12-16-5-3-9-28-16/h2-10H,11-13H2,1H3,(H,20,23)/p+1. The Labute approximate surface area is 160 Å². The maximum Gasteiger partial charge on any atom is 0.279 e. The lowest BCUT2D eigenvalue weighted by Crippen LogP contribution is -3.10. The summed E-state index contributed by atoms with van der Waals surface area (Å²) >= 11 is 0. The number of ether oxygens (including phenoxy) is 1. The summed E-state index contributed by atoms with van der Waals surface area (Å²) in [7, 11) is 1.39. The molecule has 0 saturated carbocycles. The summed E-state index contributed by atoms with van der Waals surface area (Å²) in [6, 6.07) is 11.3. The van der Waals surface area contributed by atoms with E-state index >= 15 is 0 Å². The van der Waals surface area contributed by atoms with Gasteiger partial charge in [-0.15, -0.1) is 0 Å². The molecule has 0 aliphatic rings. The number of rotatable bonds is 9. The first-order valence-electron chi connectivity index (χ1n) is 8.55. The molecule has 2 N–H and O–H groups in total. The monoisotopic (exact) mass is 386 g/mol. The number of anilines is 1. The third-order valence-corrected chi connectivity index (χ3v) is 4.09. The quantitative estimate of drug-likeness (QED) is 0.430. The van der Waals surface area contributed by atoms with Crippen LogP contribution in [0.15, 0.2) is 63.8 Å². The molecule has 2 aromatic heterocycles. The van der Waals surface area contributed by atoms with Gasteiger partial charge >= 0.3 is 0 Å². The molecule has 0 radical (unpaired) electrons. The summed E-state index contributed by atoms with van der Waals surface area (Å²) in [5.74, 6) is 1.46. The molecule has 0 aliphatic carbocycles. The Bertz CT molecular complexity index is 885. The first-order valence-corrected chi connectivity index (χ1v) is 8.55. The molecule has 3 aromatic rings. The number of hydrogen-bond donors (Lipinski definition) is 2. The van der Waals surface area contributed by atoms with Crippen LogP contribution in [0.1, 0.15) is 11.5 Å². The number of nitro benzene ring substituents is 1. The predicted octanol–water partition coefficient (Wildman–Crippen LogP) is 2.01. The fraction of sp³-hybridized carbons (Fsp3) is 0.211. The first-order chi connectivity index (χ1) is 13.5. The van der Waals surface area contributed by atoms with E-state index in [0.717, 1.165) is 16.4 Å². The normalized spacial score (nSPS) is 10.8. The van der Waals surface area contributed by atoms with Crippen molar-refractivity contribution >= 4 is 17.3 Å². The molecule has 0 spiro atoms. The second kappa shape index (κ2) is 8.87. The summed E-state index contributed by atoms with van der Waals surface area (Å²) in [6.07, 6.45) is 3.17. The number of hydrogen-bond acceptors (Lipinski definition) is 6. The Morgan fingerprint density at radius 1 is 1.14 bits per heavy atom. The Hall–Kier alpha value is -3.59. The SMILES string of the molecule is COc1cc([N+](=O)[O-])ccc1NC(=O)C[NH+](Cc1ccco1)Cc1ccco1. The lowest BCUT2D eigenvalue weighted by atomic mass is 10.2. The van der Waals surface area contributed by atoms with Crippen molar-refractivity contribution in [3.05, 3.63) is 76.6 Å². The minimum absolute atomic E-state index is 0.113. The van der Waals surface area contributed by atoms with E-state index in [1.54, 1.807) is 24.7 Å². The Morgan fingerprint density at radius 2 is 1.79 bits per heavy atom. The van der Waals surface area contributed by atoms with Gasteiger partial charge in [-0.25, -0.2) is 0 Å². The molecular formula is C19H20N3O6+. The minimum atomic E-state index is -0.521. The summed E-state index contributed by atoms with van der Waals surface area (Å²) in [4.78, 5) is 23.9. The number of nitro groups is 1. The van der Waals surface area contributed by atoms with Gasteiger partial charge in [0.1, 0.15) is 18.8 Å². The summed E-state index contributed by atoms with van der Waals surface area (Å²) in [6.45, 7) is 1.14. The smallest absolute Gasteiger partial charge is 0.279 e. The van der Waals surface area contributed by atoms with Crippen LogP contribution in [0.5, 0.6) is 5.75 Å². The highest BCUT2D eigenvalue weighted by atomic mass is 16.6. The average Bonchev–Trinajstić information content (AvgIpc) is 3.36. The van der Waals surface area contributed by atoms with Crippen molar-refractivity contribution in [2.45, 2.75) is 13.1 Å². The molecule has 2 heterocycles. The lowest BCUT2D eigenvalue weighted by molar-refractivity contribution is -0.921. The van der Waals surface area contributed by atoms with E-state index in [0.29, 0.717) is 18.8 Å². The topological polar surface area (TPSA) is 112 Å². The fourth-order valence-electron chi connectivity index (χ4n) is 2.82. The van der Waals surface area contributed by atoms with Gasteiger partial charge in [-0.1, -0.05) is 0 Å². The number of benzene rings is 1. The number of nitrogens with zero attached hydrogens (tertiary/aromatic N) is 1. The summed E-state index contributed by atoms with van der Waals surface area (Å²) < 4.78 is 15.9. The van der Waals surface area contributed by atoms with Crippen molar-refractivity contribution in [2.75, 3.05) is 19.0 Å². The van der Waals surface area contributed by atoms with E-state index in [-0.39, 0.29) is 23.9 Å². The Morgan fingerprint density at radius 3 is 2.29 bits per heavy atom. The van der Waals surface area contributed by atoms with Gasteiger partial charge in [-0.2, -0.15) is 0 Å². The molecule has 9 heteroatoms. The van der Waals surface area contributed by atoms with Crippen molar-refractivity contribution < 1.29 is 28.2 Å². The molecule has 9 nitrogen and oxygen atoms in total. The van der Waals surface area contributed by atoms with E-state index < -0.39 is 4.92 Å². The molecule has 1 amide bonds. The zero-order chi connectivity index (χ0) is 19.9. The number of quaternary nitrogens is 1. The van der Waals surface area contributed by atoms with Crippen molar-refractivity contribution in [3.63, 3.8) is 0 Å². The fourth-order valence-corrected chi connectivity index (χ4v) is 2.82. The molecule has 28 heavy (non-hydrogen) atoms. The van der Waals surface area contributed by atoms with E-state index in [9.17, 15) is 14.9 Å². The van der Waals surface area contributed by atoms with Crippen molar-refractivity contribution in [1.82, 2.24) is 0 Å². The van der Waals surface area contributed by atoms with Gasteiger partial charge in [0.2, 0.25) is 0 Å². The highest BCUT2D eigenvalue weighted by Crippen LogP contribution is 2.28. The molecule has 0 atom stereocenters. The Balaban J connectivity index is 1.70. The number of furan rings is 2. The summed E-state index contributed by atoms with van der Waals surface area (Å²) in [5.41, 5.74) is 0.256. The van der Waals surface area contributed by atoms with Gasteiger partial charge in [0.15, 0.2) is 18.1 Å². The molecule has 0 unspecified atom stereocenters. The van der Waals surface area contributed by atoms with Crippen molar-refractivity contribution in [3.8, 4) is 5.75 Å². The number of carbonyl (C=O) groups excluding carboxylic acids is 1. The van der Waals surface area contributed by atoms with E-state index in [1.807, 2.05) is 12.1 Å². The third kappa shape index (κ3) is 4.98. The van der Waals surface area contributed by atoms with Gasteiger partial charge < -0.3 is 23.8 Å². The van der Waals surface area contributed by atoms with Crippen LogP contribution in [-0.4, -0.2) is 24.5 Å². The highest BCUT2D eigenvalue weighted by Gasteiger charge is 2.20. The largest absolute Gasteiger partial charge is 0.494 e. The second-order valence-corrected chi connectivity index (χ2v) is 6.13. The average molecular weight is 386 g/mol. The van der Waals surface area contributed by atoms with Gasteiger partial charge in [0.25, 0.3) is 11.6 Å². The van der Waals surface area contributed by atoms with Gasteiger partial charge in [-0.05, 0) is 30.3 Å². The zero-order valence-corrected chi connectivity index (χ0v) is 15.2. The molecule has 1 aromatic carbocycles. The third-order valence-electron chi connectivity index (χ3n) is 4.09. The van der Waals surface area contributed by atoms with Crippen LogP contribution >= 0.6 is 0 Å². The van der Waals surface area contributed by atoms with Gasteiger partial charge in [-0.3, -0.25) is 14.9 Å². The van der Waals surface area contributed by atoms with Crippen molar-refractivity contribution in [2.24, 2.45) is 0 Å².